The molecule has 0 aliphatic carbocycles. The van der Waals surface area contributed by atoms with Crippen molar-refractivity contribution in [2.75, 3.05) is 6.61 Å². The van der Waals surface area contributed by atoms with E-state index in [1.807, 2.05) is 10.6 Å². The second-order valence-electron chi connectivity index (χ2n) is 4.36. The first-order valence-electron chi connectivity index (χ1n) is 5.83. The molecule has 0 amide bonds. The van der Waals surface area contributed by atoms with Gasteiger partial charge in [-0.2, -0.15) is 0 Å². The van der Waals surface area contributed by atoms with E-state index in [9.17, 15) is 9.90 Å². The number of hydrogen-bond donors (Lipinski definition) is 1. The van der Waals surface area contributed by atoms with Crippen LogP contribution >= 0.6 is 11.6 Å². The summed E-state index contributed by atoms with van der Waals surface area (Å²) in [5.74, 6) is -0.968. The molecule has 1 N–H and O–H groups in total. The molecule has 5 heteroatoms. The second-order valence-corrected chi connectivity index (χ2v) is 4.77. The lowest BCUT2D eigenvalue weighted by Crippen LogP contribution is -2.00. The van der Waals surface area contributed by atoms with Gasteiger partial charge in [0, 0.05) is 12.8 Å². The highest BCUT2D eigenvalue weighted by atomic mass is 35.5. The molecule has 18 heavy (non-hydrogen) atoms. The molecule has 2 aromatic heterocycles. The molecule has 1 aliphatic heterocycles. The van der Waals surface area contributed by atoms with Crippen molar-refractivity contribution in [3.05, 3.63) is 40.7 Å². The topological polar surface area (TPSA) is 50.9 Å². The van der Waals surface area contributed by atoms with Crippen molar-refractivity contribution >= 4 is 23.1 Å². The van der Waals surface area contributed by atoms with Gasteiger partial charge in [-0.05, 0) is 31.0 Å². The van der Waals surface area contributed by atoms with E-state index in [-0.39, 0.29) is 11.7 Å². The summed E-state index contributed by atoms with van der Waals surface area (Å²) in [5, 5.41) is 9.69. The number of rotatable bonds is 2. The van der Waals surface area contributed by atoms with Crippen LogP contribution in [0.2, 0.25) is 5.02 Å². The van der Waals surface area contributed by atoms with E-state index in [4.69, 9.17) is 16.3 Å². The SMILES string of the molecule is O=C(O)c1cc([C@H]2CCCO2)n2cccc(Cl)c12. The van der Waals surface area contributed by atoms with E-state index in [1.165, 1.54) is 0 Å². The first-order valence-corrected chi connectivity index (χ1v) is 6.20. The van der Waals surface area contributed by atoms with Gasteiger partial charge in [0.25, 0.3) is 0 Å². The predicted molar refractivity (Wildman–Crippen MR) is 67.3 cm³/mol. The molecule has 1 aliphatic rings. The summed E-state index contributed by atoms with van der Waals surface area (Å²) in [6.45, 7) is 0.723. The van der Waals surface area contributed by atoms with Gasteiger partial charge in [-0.1, -0.05) is 11.6 Å². The number of halogens is 1. The molecule has 2 aromatic rings. The first-order chi connectivity index (χ1) is 8.68. The van der Waals surface area contributed by atoms with Crippen LogP contribution in [-0.4, -0.2) is 22.1 Å². The number of nitrogens with zero attached hydrogens (tertiary/aromatic N) is 1. The molecule has 1 atom stereocenters. The van der Waals surface area contributed by atoms with Gasteiger partial charge in [-0.25, -0.2) is 4.79 Å². The minimum absolute atomic E-state index is 0.0379. The smallest absolute Gasteiger partial charge is 0.337 e. The van der Waals surface area contributed by atoms with Crippen molar-refractivity contribution in [2.24, 2.45) is 0 Å². The van der Waals surface area contributed by atoms with Crippen LogP contribution in [-0.2, 0) is 4.74 Å². The zero-order valence-corrected chi connectivity index (χ0v) is 10.4. The van der Waals surface area contributed by atoms with E-state index in [0.717, 1.165) is 25.1 Å². The Balaban J connectivity index is 2.26. The van der Waals surface area contributed by atoms with Crippen LogP contribution in [0.1, 0.15) is 35.0 Å². The van der Waals surface area contributed by atoms with Gasteiger partial charge in [-0.3, -0.25) is 0 Å². The number of hydrogen-bond acceptors (Lipinski definition) is 2. The van der Waals surface area contributed by atoms with Crippen LogP contribution in [0.3, 0.4) is 0 Å². The Kier molecular flexibility index (Phi) is 2.76. The van der Waals surface area contributed by atoms with Crippen molar-refractivity contribution in [2.45, 2.75) is 18.9 Å². The number of ether oxygens (including phenoxy) is 1. The van der Waals surface area contributed by atoms with E-state index in [0.29, 0.717) is 10.5 Å². The van der Waals surface area contributed by atoms with Gasteiger partial charge < -0.3 is 14.2 Å². The Morgan fingerprint density at radius 2 is 2.39 bits per heavy atom. The largest absolute Gasteiger partial charge is 0.478 e. The summed E-state index contributed by atoms with van der Waals surface area (Å²) >= 11 is 6.10. The summed E-state index contributed by atoms with van der Waals surface area (Å²) in [7, 11) is 0. The number of carbonyl (C=O) groups is 1. The quantitative estimate of drug-likeness (QED) is 0.907. The van der Waals surface area contributed by atoms with Crippen molar-refractivity contribution in [3.63, 3.8) is 0 Å². The Labute approximate surface area is 109 Å². The van der Waals surface area contributed by atoms with Crippen molar-refractivity contribution in [3.8, 4) is 0 Å². The molecule has 94 valence electrons. The Bertz CT molecular complexity index is 614. The van der Waals surface area contributed by atoms with E-state index in [1.54, 1.807) is 18.2 Å². The standard InChI is InChI=1S/C13H12ClNO3/c14-9-3-1-5-15-10(11-4-2-6-18-11)7-8(12(9)15)13(16)17/h1,3,5,7,11H,2,4,6H2,(H,16,17)/t11-/m1/s1. The molecule has 0 spiro atoms. The highest BCUT2D eigenvalue weighted by molar-refractivity contribution is 6.34. The van der Waals surface area contributed by atoms with Crippen molar-refractivity contribution in [1.82, 2.24) is 4.40 Å². The van der Waals surface area contributed by atoms with E-state index < -0.39 is 5.97 Å². The Morgan fingerprint density at radius 1 is 1.56 bits per heavy atom. The lowest BCUT2D eigenvalue weighted by Gasteiger charge is -2.09. The van der Waals surface area contributed by atoms with Gasteiger partial charge in [0.2, 0.25) is 0 Å². The van der Waals surface area contributed by atoms with Crippen LogP contribution in [0.5, 0.6) is 0 Å². The Hall–Kier alpha value is -1.52. The summed E-state index contributed by atoms with van der Waals surface area (Å²) < 4.78 is 7.44. The van der Waals surface area contributed by atoms with Crippen LogP contribution in [0.15, 0.2) is 24.4 Å². The molecule has 0 saturated carbocycles. The maximum atomic E-state index is 11.3. The summed E-state index contributed by atoms with van der Waals surface area (Å²) in [4.78, 5) is 11.3. The lowest BCUT2D eigenvalue weighted by atomic mass is 10.1. The average molecular weight is 266 g/mol. The minimum Gasteiger partial charge on any atom is -0.478 e. The summed E-state index contributed by atoms with van der Waals surface area (Å²) in [6.07, 6.45) is 3.70. The van der Waals surface area contributed by atoms with Gasteiger partial charge in [0.1, 0.15) is 0 Å². The molecule has 1 saturated heterocycles. The van der Waals surface area contributed by atoms with Crippen LogP contribution < -0.4 is 0 Å². The first kappa shape index (κ1) is 11.6. The van der Waals surface area contributed by atoms with Crippen molar-refractivity contribution in [1.29, 1.82) is 0 Å². The number of carboxylic acids is 1. The number of pyridine rings is 1. The number of aromatic nitrogens is 1. The third kappa shape index (κ3) is 1.69. The number of aromatic carboxylic acids is 1. The second kappa shape index (κ2) is 4.30. The third-order valence-electron chi connectivity index (χ3n) is 3.26. The van der Waals surface area contributed by atoms with E-state index >= 15 is 0 Å². The highest BCUT2D eigenvalue weighted by Crippen LogP contribution is 2.33. The van der Waals surface area contributed by atoms with Crippen LogP contribution in [0, 0.1) is 0 Å². The minimum atomic E-state index is -0.968. The highest BCUT2D eigenvalue weighted by Gasteiger charge is 2.25. The molecule has 0 radical (unpaired) electrons. The van der Waals surface area contributed by atoms with Gasteiger partial charge in [-0.15, -0.1) is 0 Å². The average Bonchev–Trinajstić information content (AvgIpc) is 2.95. The van der Waals surface area contributed by atoms with Crippen LogP contribution in [0.4, 0.5) is 0 Å². The normalized spacial score (nSPS) is 19.5. The van der Waals surface area contributed by atoms with Crippen LogP contribution in [0.25, 0.3) is 5.52 Å². The van der Waals surface area contributed by atoms with Gasteiger partial charge >= 0.3 is 5.97 Å². The fourth-order valence-electron chi connectivity index (χ4n) is 2.46. The summed E-state index contributed by atoms with van der Waals surface area (Å²) in [6, 6.07) is 5.17. The molecular formula is C13H12ClNO3. The molecule has 0 bridgehead atoms. The molecule has 0 unspecified atom stereocenters. The molecule has 3 heterocycles. The zero-order valence-electron chi connectivity index (χ0n) is 9.60. The maximum absolute atomic E-state index is 11.3. The molecule has 0 aromatic carbocycles. The fraction of sp³-hybridized carbons (Fsp3) is 0.308. The van der Waals surface area contributed by atoms with Crippen molar-refractivity contribution < 1.29 is 14.6 Å². The molecule has 4 nitrogen and oxygen atoms in total. The number of carboxylic acid groups (broad SMARTS) is 1. The molecule has 1 fully saturated rings. The molecule has 3 rings (SSSR count). The third-order valence-corrected chi connectivity index (χ3v) is 3.57. The molecular weight excluding hydrogens is 254 g/mol. The number of fused-ring (bicyclic) bond motifs is 1. The zero-order chi connectivity index (χ0) is 12.7. The van der Waals surface area contributed by atoms with E-state index in [2.05, 4.69) is 0 Å². The maximum Gasteiger partial charge on any atom is 0.337 e. The Morgan fingerprint density at radius 3 is 3.06 bits per heavy atom. The van der Waals surface area contributed by atoms with Gasteiger partial charge in [0.05, 0.1) is 27.9 Å². The predicted octanol–water partition coefficient (Wildman–Crippen LogP) is 3.14. The summed E-state index contributed by atoms with van der Waals surface area (Å²) in [5.41, 5.74) is 1.63. The fourth-order valence-corrected chi connectivity index (χ4v) is 2.73. The lowest BCUT2D eigenvalue weighted by molar-refractivity contribution is 0.0699. The van der Waals surface area contributed by atoms with Gasteiger partial charge in [0.15, 0.2) is 0 Å². The monoisotopic (exact) mass is 265 g/mol.